The molecule has 0 bridgehead atoms. The van der Waals surface area contributed by atoms with Crippen LogP contribution in [0.1, 0.15) is 30.7 Å². The number of nitrogens with zero attached hydrogens (tertiary/aromatic N) is 5. The Labute approximate surface area is 202 Å². The van der Waals surface area contributed by atoms with Crippen molar-refractivity contribution in [1.29, 1.82) is 0 Å². The lowest BCUT2D eigenvalue weighted by Crippen LogP contribution is -2.57. The molecule has 0 saturated carbocycles. The Morgan fingerprint density at radius 1 is 1.17 bits per heavy atom. The summed E-state index contributed by atoms with van der Waals surface area (Å²) in [6.45, 7) is 8.31. The molecule has 7 nitrogen and oxygen atoms in total. The molecule has 2 fully saturated rings. The van der Waals surface area contributed by atoms with Gasteiger partial charge in [-0.05, 0) is 45.3 Å². The molecule has 2 saturated heterocycles. The second-order valence-corrected chi connectivity index (χ2v) is 9.13. The quantitative estimate of drug-likeness (QED) is 0.336. The molecule has 0 radical (unpaired) electrons. The van der Waals surface area contributed by atoms with Crippen molar-refractivity contribution in [1.82, 2.24) is 24.9 Å². The predicted octanol–water partition coefficient (Wildman–Crippen LogP) is 2.17. The zero-order chi connectivity index (χ0) is 20.8. The summed E-state index contributed by atoms with van der Waals surface area (Å²) < 4.78 is 0. The number of likely N-dealkylation sites (tertiary alicyclic amines) is 1. The Hall–Kier alpha value is -0.910. The lowest BCUT2D eigenvalue weighted by molar-refractivity contribution is -0.135. The molecule has 2 unspecified atom stereocenters. The van der Waals surface area contributed by atoms with Crippen LogP contribution < -0.4 is 5.32 Å². The molecule has 0 spiro atoms. The minimum atomic E-state index is -0.0258. The van der Waals surface area contributed by atoms with E-state index < -0.39 is 0 Å². The van der Waals surface area contributed by atoms with E-state index in [4.69, 9.17) is 0 Å². The summed E-state index contributed by atoms with van der Waals surface area (Å²) in [5.41, 5.74) is 0. The van der Waals surface area contributed by atoms with Gasteiger partial charge in [0, 0.05) is 57.7 Å². The van der Waals surface area contributed by atoms with E-state index >= 15 is 0 Å². The first kappa shape index (κ1) is 25.4. The number of halogens is 1. The van der Waals surface area contributed by atoms with Gasteiger partial charge in [0.25, 0.3) is 0 Å². The van der Waals surface area contributed by atoms with Gasteiger partial charge in [-0.3, -0.25) is 14.7 Å². The van der Waals surface area contributed by atoms with Crippen LogP contribution in [0.2, 0.25) is 0 Å². The molecule has 1 N–H and O–H groups in total. The molecule has 1 aromatic heterocycles. The van der Waals surface area contributed by atoms with E-state index in [0.717, 1.165) is 64.6 Å². The van der Waals surface area contributed by atoms with Crippen LogP contribution in [-0.2, 0) is 4.79 Å². The highest BCUT2D eigenvalue weighted by Crippen LogP contribution is 2.22. The first-order valence-corrected chi connectivity index (χ1v) is 11.6. The highest BCUT2D eigenvalue weighted by Gasteiger charge is 2.30. The summed E-state index contributed by atoms with van der Waals surface area (Å²) in [6, 6.07) is 4.60. The van der Waals surface area contributed by atoms with E-state index in [-0.39, 0.29) is 30.0 Å². The number of thiophene rings is 1. The predicted molar refractivity (Wildman–Crippen MR) is 136 cm³/mol. The van der Waals surface area contributed by atoms with Gasteiger partial charge in [-0.15, -0.1) is 35.3 Å². The molecule has 3 heterocycles. The number of carbonyl (C=O) groups excluding carboxylic acids is 1. The Balaban J connectivity index is 0.00000320. The van der Waals surface area contributed by atoms with Gasteiger partial charge in [0.2, 0.25) is 5.91 Å². The highest BCUT2D eigenvalue weighted by atomic mass is 127. The summed E-state index contributed by atoms with van der Waals surface area (Å²) in [5, 5.41) is 5.70. The number of hydrogen-bond acceptors (Lipinski definition) is 5. The molecule has 1 amide bonds. The molecule has 0 aromatic carbocycles. The van der Waals surface area contributed by atoms with Gasteiger partial charge in [-0.25, -0.2) is 0 Å². The smallest absolute Gasteiger partial charge is 0.239 e. The van der Waals surface area contributed by atoms with Crippen LogP contribution in [0.5, 0.6) is 0 Å². The van der Waals surface area contributed by atoms with Gasteiger partial charge < -0.3 is 20.0 Å². The maximum atomic E-state index is 12.7. The molecule has 30 heavy (non-hydrogen) atoms. The average Bonchev–Trinajstić information content (AvgIpc) is 3.44. The van der Waals surface area contributed by atoms with Crippen LogP contribution in [0, 0.1) is 0 Å². The van der Waals surface area contributed by atoms with E-state index in [0.29, 0.717) is 11.9 Å². The first-order chi connectivity index (χ1) is 14.0. The third kappa shape index (κ3) is 6.30. The zero-order valence-corrected chi connectivity index (χ0v) is 21.9. The number of aliphatic imine (C=N–C) groups is 1. The van der Waals surface area contributed by atoms with Gasteiger partial charge >= 0.3 is 0 Å². The third-order valence-corrected chi connectivity index (χ3v) is 7.07. The molecular formula is C21H37IN6OS. The monoisotopic (exact) mass is 548 g/mol. The molecule has 2 atom stereocenters. The van der Waals surface area contributed by atoms with Gasteiger partial charge in [-0.1, -0.05) is 6.07 Å². The summed E-state index contributed by atoms with van der Waals surface area (Å²) in [5.74, 6) is 1.25. The number of rotatable bonds is 6. The van der Waals surface area contributed by atoms with Crippen LogP contribution >= 0.6 is 35.3 Å². The largest absolute Gasteiger partial charge is 0.354 e. The number of carbonyl (C=O) groups is 1. The molecule has 1 aromatic rings. The third-order valence-electron chi connectivity index (χ3n) is 6.10. The van der Waals surface area contributed by atoms with E-state index in [2.05, 4.69) is 63.5 Å². The van der Waals surface area contributed by atoms with Crippen LogP contribution in [0.3, 0.4) is 0 Å². The molecule has 9 heteroatoms. The van der Waals surface area contributed by atoms with Crippen LogP contribution in [0.25, 0.3) is 0 Å². The van der Waals surface area contributed by atoms with E-state index in [1.165, 1.54) is 4.88 Å². The van der Waals surface area contributed by atoms with Crippen molar-refractivity contribution in [2.75, 3.05) is 67.0 Å². The van der Waals surface area contributed by atoms with E-state index in [1.807, 2.05) is 11.9 Å². The summed E-state index contributed by atoms with van der Waals surface area (Å²) in [6.07, 6.45) is 2.29. The van der Waals surface area contributed by atoms with Crippen molar-refractivity contribution in [3.8, 4) is 0 Å². The molecule has 2 aliphatic heterocycles. The van der Waals surface area contributed by atoms with E-state index in [9.17, 15) is 4.79 Å². The Kier molecular flexibility index (Phi) is 10.3. The fourth-order valence-electron chi connectivity index (χ4n) is 4.22. The van der Waals surface area contributed by atoms with Gasteiger partial charge in [-0.2, -0.15) is 0 Å². The van der Waals surface area contributed by atoms with Crippen molar-refractivity contribution >= 4 is 47.2 Å². The minimum Gasteiger partial charge on any atom is -0.354 e. The Bertz CT molecular complexity index is 669. The van der Waals surface area contributed by atoms with Gasteiger partial charge in [0.1, 0.15) is 0 Å². The molecule has 3 rings (SSSR count). The fourth-order valence-corrected chi connectivity index (χ4v) is 5.14. The number of guanidine groups is 1. The maximum absolute atomic E-state index is 12.7. The minimum absolute atomic E-state index is 0. The maximum Gasteiger partial charge on any atom is 0.239 e. The first-order valence-electron chi connectivity index (χ1n) is 10.7. The van der Waals surface area contributed by atoms with Crippen molar-refractivity contribution in [2.45, 2.75) is 31.8 Å². The SMILES string of the molecule is CN=C(NCC(c1cccs1)N(C)C)N1CCN(C(C)C(=O)N2CCCC2)CC1.I. The Morgan fingerprint density at radius 3 is 2.37 bits per heavy atom. The summed E-state index contributed by atoms with van der Waals surface area (Å²) in [7, 11) is 6.09. The van der Waals surface area contributed by atoms with E-state index in [1.54, 1.807) is 11.3 Å². The number of nitrogens with one attached hydrogen (secondary N) is 1. The lowest BCUT2D eigenvalue weighted by Gasteiger charge is -2.40. The second-order valence-electron chi connectivity index (χ2n) is 8.15. The van der Waals surface area contributed by atoms with Crippen molar-refractivity contribution < 1.29 is 4.79 Å². The van der Waals surface area contributed by atoms with Crippen LogP contribution in [-0.4, -0.2) is 104 Å². The van der Waals surface area contributed by atoms with Crippen molar-refractivity contribution in [3.05, 3.63) is 22.4 Å². The number of amides is 1. The topological polar surface area (TPSA) is 54.4 Å². The van der Waals surface area contributed by atoms with Crippen LogP contribution in [0.15, 0.2) is 22.5 Å². The molecule has 170 valence electrons. The number of piperazine rings is 1. The fraction of sp³-hybridized carbons (Fsp3) is 0.714. The van der Waals surface area contributed by atoms with Gasteiger partial charge in [0.05, 0.1) is 12.1 Å². The summed E-state index contributed by atoms with van der Waals surface area (Å²) >= 11 is 1.79. The lowest BCUT2D eigenvalue weighted by atomic mass is 10.2. The number of likely N-dealkylation sites (N-methyl/N-ethyl adjacent to an activating group) is 1. The normalized spacial score (nSPS) is 20.2. The Morgan fingerprint density at radius 2 is 1.83 bits per heavy atom. The highest BCUT2D eigenvalue weighted by molar-refractivity contribution is 14.0. The molecule has 0 aliphatic carbocycles. The van der Waals surface area contributed by atoms with Crippen LogP contribution in [0.4, 0.5) is 0 Å². The zero-order valence-electron chi connectivity index (χ0n) is 18.7. The summed E-state index contributed by atoms with van der Waals surface area (Å²) in [4.78, 5) is 27.5. The average molecular weight is 549 g/mol. The number of hydrogen-bond donors (Lipinski definition) is 1. The molecular weight excluding hydrogens is 511 g/mol. The molecule has 2 aliphatic rings. The van der Waals surface area contributed by atoms with Crippen molar-refractivity contribution in [3.63, 3.8) is 0 Å². The van der Waals surface area contributed by atoms with Gasteiger partial charge in [0.15, 0.2) is 5.96 Å². The standard InChI is InChI=1S/C21H36N6OS.HI/c1-17(20(28)26-9-5-6-10-26)25-11-13-27(14-12-25)21(22-2)23-16-18(24(3)4)19-8-7-15-29-19;/h7-8,15,17-18H,5-6,9-14,16H2,1-4H3,(H,22,23);1H. The van der Waals surface area contributed by atoms with Crippen molar-refractivity contribution in [2.24, 2.45) is 4.99 Å². The second kappa shape index (κ2) is 12.2.